The van der Waals surface area contributed by atoms with Crippen LogP contribution in [-0.2, 0) is 6.54 Å². The van der Waals surface area contributed by atoms with Gasteiger partial charge in [-0.05, 0) is 25.5 Å². The van der Waals surface area contributed by atoms with E-state index in [9.17, 15) is 4.39 Å². The van der Waals surface area contributed by atoms with Crippen molar-refractivity contribution in [1.29, 1.82) is 0 Å². The second-order valence-electron chi connectivity index (χ2n) is 5.08. The molecule has 6 heteroatoms. The fourth-order valence-corrected chi connectivity index (χ4v) is 3.10. The third-order valence-electron chi connectivity index (χ3n) is 3.30. The van der Waals surface area contributed by atoms with Crippen molar-refractivity contribution in [3.05, 3.63) is 34.4 Å². The molecule has 0 saturated carbocycles. The van der Waals surface area contributed by atoms with Gasteiger partial charge < -0.3 is 10.3 Å². The van der Waals surface area contributed by atoms with E-state index in [2.05, 4.69) is 21.5 Å². The summed E-state index contributed by atoms with van der Waals surface area (Å²) in [6.45, 7) is 4.84. The number of halogens is 1. The quantitative estimate of drug-likeness (QED) is 0.799. The van der Waals surface area contributed by atoms with Crippen molar-refractivity contribution in [3.63, 3.8) is 0 Å². The molecule has 0 saturated heterocycles. The Morgan fingerprint density at radius 3 is 2.86 bits per heavy atom. The molecular weight excluding hydrogens is 287 g/mol. The van der Waals surface area contributed by atoms with Crippen LogP contribution in [0.15, 0.2) is 23.6 Å². The minimum absolute atomic E-state index is 0.0924. The van der Waals surface area contributed by atoms with Crippen LogP contribution >= 0.6 is 11.3 Å². The van der Waals surface area contributed by atoms with Crippen molar-refractivity contribution in [2.75, 3.05) is 0 Å². The SMILES string of the molecule is CCCn1c(-c2csc(C(C)N)n2)nc2cc(F)ccc21. The van der Waals surface area contributed by atoms with Gasteiger partial charge in [-0.3, -0.25) is 0 Å². The fourth-order valence-electron chi connectivity index (χ4n) is 2.35. The molecule has 2 heterocycles. The lowest BCUT2D eigenvalue weighted by atomic mass is 10.3. The van der Waals surface area contributed by atoms with Crippen molar-refractivity contribution < 1.29 is 4.39 Å². The summed E-state index contributed by atoms with van der Waals surface area (Å²) in [4.78, 5) is 9.12. The van der Waals surface area contributed by atoms with Crippen LogP contribution in [0.1, 0.15) is 31.3 Å². The van der Waals surface area contributed by atoms with Crippen molar-refractivity contribution >= 4 is 22.4 Å². The average Bonchev–Trinajstić information content (AvgIpc) is 3.04. The molecule has 0 radical (unpaired) electrons. The summed E-state index contributed by atoms with van der Waals surface area (Å²) in [6.07, 6.45) is 0.972. The number of aryl methyl sites for hydroxylation is 1. The van der Waals surface area contributed by atoms with Gasteiger partial charge in [0.25, 0.3) is 0 Å². The molecule has 0 aliphatic carbocycles. The molecule has 3 aromatic rings. The van der Waals surface area contributed by atoms with E-state index in [0.29, 0.717) is 5.52 Å². The van der Waals surface area contributed by atoms with Crippen LogP contribution in [0.5, 0.6) is 0 Å². The molecule has 0 aliphatic heterocycles. The third-order valence-corrected chi connectivity index (χ3v) is 4.34. The number of nitrogens with zero attached hydrogens (tertiary/aromatic N) is 3. The van der Waals surface area contributed by atoms with E-state index in [4.69, 9.17) is 5.73 Å². The largest absolute Gasteiger partial charge is 0.323 e. The molecule has 0 spiro atoms. The molecule has 2 aromatic heterocycles. The number of hydrogen-bond donors (Lipinski definition) is 1. The number of nitrogens with two attached hydrogens (primary N) is 1. The molecule has 110 valence electrons. The molecule has 0 fully saturated rings. The van der Waals surface area contributed by atoms with Gasteiger partial charge in [-0.15, -0.1) is 11.3 Å². The van der Waals surface area contributed by atoms with Crippen LogP contribution < -0.4 is 5.73 Å². The Labute approximate surface area is 126 Å². The van der Waals surface area contributed by atoms with Gasteiger partial charge in [0.2, 0.25) is 0 Å². The van der Waals surface area contributed by atoms with Gasteiger partial charge in [0.1, 0.15) is 16.5 Å². The van der Waals surface area contributed by atoms with Crippen LogP contribution in [0.25, 0.3) is 22.6 Å². The second-order valence-corrected chi connectivity index (χ2v) is 5.97. The van der Waals surface area contributed by atoms with Crippen LogP contribution in [-0.4, -0.2) is 14.5 Å². The lowest BCUT2D eigenvalue weighted by molar-refractivity contribution is 0.629. The van der Waals surface area contributed by atoms with Gasteiger partial charge >= 0.3 is 0 Å². The minimum atomic E-state index is -0.273. The Balaban J connectivity index is 2.17. The fraction of sp³-hybridized carbons (Fsp3) is 0.333. The Morgan fingerprint density at radius 2 is 2.19 bits per heavy atom. The highest BCUT2D eigenvalue weighted by atomic mass is 32.1. The number of imidazole rings is 1. The topological polar surface area (TPSA) is 56.7 Å². The van der Waals surface area contributed by atoms with E-state index in [0.717, 1.165) is 35.0 Å². The van der Waals surface area contributed by atoms with Gasteiger partial charge in [-0.25, -0.2) is 14.4 Å². The first-order valence-electron chi connectivity index (χ1n) is 6.97. The Kier molecular flexibility index (Phi) is 3.73. The summed E-state index contributed by atoms with van der Waals surface area (Å²) in [7, 11) is 0. The second kappa shape index (κ2) is 5.54. The van der Waals surface area contributed by atoms with Gasteiger partial charge in [0.05, 0.1) is 17.1 Å². The lowest BCUT2D eigenvalue weighted by Gasteiger charge is -2.05. The zero-order valence-corrected chi connectivity index (χ0v) is 12.8. The summed E-state index contributed by atoms with van der Waals surface area (Å²) in [5, 5.41) is 2.84. The van der Waals surface area contributed by atoms with Crippen molar-refractivity contribution in [2.24, 2.45) is 5.73 Å². The van der Waals surface area contributed by atoms with E-state index in [1.165, 1.54) is 23.5 Å². The Bertz CT molecular complexity index is 775. The average molecular weight is 304 g/mol. The first-order chi connectivity index (χ1) is 10.1. The summed E-state index contributed by atoms with van der Waals surface area (Å²) < 4.78 is 15.5. The number of benzene rings is 1. The predicted molar refractivity (Wildman–Crippen MR) is 83.7 cm³/mol. The molecule has 1 aromatic carbocycles. The predicted octanol–water partition coefficient (Wildman–Crippen LogP) is 3.73. The van der Waals surface area contributed by atoms with Gasteiger partial charge in [-0.2, -0.15) is 0 Å². The number of rotatable bonds is 4. The maximum atomic E-state index is 13.4. The van der Waals surface area contributed by atoms with E-state index in [1.807, 2.05) is 12.3 Å². The zero-order valence-electron chi connectivity index (χ0n) is 12.0. The number of fused-ring (bicyclic) bond motifs is 1. The number of aromatic nitrogens is 3. The van der Waals surface area contributed by atoms with Gasteiger partial charge in [0, 0.05) is 18.0 Å². The molecule has 0 aliphatic rings. The Hall–Kier alpha value is -1.79. The molecule has 1 atom stereocenters. The maximum absolute atomic E-state index is 13.4. The van der Waals surface area contributed by atoms with Crippen LogP contribution in [0.3, 0.4) is 0 Å². The van der Waals surface area contributed by atoms with E-state index >= 15 is 0 Å². The van der Waals surface area contributed by atoms with Gasteiger partial charge in [0.15, 0.2) is 5.82 Å². The number of thiazole rings is 1. The highest BCUT2D eigenvalue weighted by Crippen LogP contribution is 2.28. The lowest BCUT2D eigenvalue weighted by Crippen LogP contribution is -2.04. The normalized spacial score (nSPS) is 13.0. The molecule has 2 N–H and O–H groups in total. The van der Waals surface area contributed by atoms with Crippen LogP contribution in [0.4, 0.5) is 4.39 Å². The van der Waals surface area contributed by atoms with E-state index in [-0.39, 0.29) is 11.9 Å². The standard InChI is InChI=1S/C15H17FN4S/c1-3-6-20-13-5-4-10(16)7-11(13)18-14(20)12-8-21-15(19-12)9(2)17/h4-5,7-9H,3,6,17H2,1-2H3. The van der Waals surface area contributed by atoms with Gasteiger partial charge in [-0.1, -0.05) is 6.92 Å². The number of hydrogen-bond acceptors (Lipinski definition) is 4. The van der Waals surface area contributed by atoms with Crippen molar-refractivity contribution in [3.8, 4) is 11.5 Å². The van der Waals surface area contributed by atoms with E-state index < -0.39 is 0 Å². The molecular formula is C15H17FN4S. The van der Waals surface area contributed by atoms with Crippen molar-refractivity contribution in [1.82, 2.24) is 14.5 Å². The first kappa shape index (κ1) is 14.2. The molecule has 1 unspecified atom stereocenters. The summed E-state index contributed by atoms with van der Waals surface area (Å²) in [5.41, 5.74) is 8.27. The molecule has 21 heavy (non-hydrogen) atoms. The summed E-state index contributed by atoms with van der Waals surface area (Å²) in [6, 6.07) is 4.61. The molecule has 3 rings (SSSR count). The van der Waals surface area contributed by atoms with Crippen LogP contribution in [0, 0.1) is 5.82 Å². The third kappa shape index (κ3) is 2.56. The molecule has 4 nitrogen and oxygen atoms in total. The van der Waals surface area contributed by atoms with Crippen molar-refractivity contribution in [2.45, 2.75) is 32.9 Å². The van der Waals surface area contributed by atoms with E-state index in [1.54, 1.807) is 6.07 Å². The summed E-state index contributed by atoms with van der Waals surface area (Å²) in [5.74, 6) is 0.505. The Morgan fingerprint density at radius 1 is 1.38 bits per heavy atom. The summed E-state index contributed by atoms with van der Waals surface area (Å²) >= 11 is 1.53. The highest BCUT2D eigenvalue weighted by molar-refractivity contribution is 7.10. The molecule has 0 bridgehead atoms. The minimum Gasteiger partial charge on any atom is -0.323 e. The monoisotopic (exact) mass is 304 g/mol. The smallest absolute Gasteiger partial charge is 0.160 e. The van der Waals surface area contributed by atoms with Crippen LogP contribution in [0.2, 0.25) is 0 Å². The molecule has 0 amide bonds. The highest BCUT2D eigenvalue weighted by Gasteiger charge is 2.16. The first-order valence-corrected chi connectivity index (χ1v) is 7.85. The zero-order chi connectivity index (χ0) is 15.0. The maximum Gasteiger partial charge on any atom is 0.160 e.